The Balaban J connectivity index is 2.70. The van der Waals surface area contributed by atoms with E-state index in [4.69, 9.17) is 0 Å². The number of nitrogens with zero attached hydrogens (tertiary/aromatic N) is 1. The molecule has 1 heterocycles. The van der Waals surface area contributed by atoms with Crippen LogP contribution >= 0.6 is 0 Å². The monoisotopic (exact) mass is 223 g/mol. The quantitative estimate of drug-likeness (QED) is 0.735. The van der Waals surface area contributed by atoms with Crippen LogP contribution in [0.15, 0.2) is 12.3 Å². The molecule has 0 amide bonds. The molecular formula is C9H9F4NO. The molecule has 0 N–H and O–H groups in total. The highest BCUT2D eigenvalue weighted by atomic mass is 19.4. The fourth-order valence-corrected chi connectivity index (χ4v) is 0.915. The highest BCUT2D eigenvalue weighted by molar-refractivity contribution is 5.20. The number of aromatic nitrogens is 1. The highest BCUT2D eigenvalue weighted by Gasteiger charge is 2.29. The van der Waals surface area contributed by atoms with Crippen LogP contribution in [0.3, 0.4) is 0 Å². The molecule has 1 aromatic rings. The molecule has 0 saturated heterocycles. The van der Waals surface area contributed by atoms with E-state index in [1.807, 2.05) is 0 Å². The molecular weight excluding hydrogens is 214 g/mol. The fraction of sp³-hybridized carbons (Fsp3) is 0.444. The van der Waals surface area contributed by atoms with Crippen LogP contribution in [0.4, 0.5) is 17.6 Å². The zero-order chi connectivity index (χ0) is 11.5. The second-order valence-corrected chi connectivity index (χ2v) is 2.89. The molecule has 0 unspecified atom stereocenters. The number of halogens is 4. The topological polar surface area (TPSA) is 22.1 Å². The van der Waals surface area contributed by atoms with Gasteiger partial charge < -0.3 is 4.74 Å². The molecule has 6 heteroatoms. The van der Waals surface area contributed by atoms with Crippen molar-refractivity contribution in [2.24, 2.45) is 0 Å². The van der Waals surface area contributed by atoms with Crippen molar-refractivity contribution in [3.63, 3.8) is 0 Å². The standard InChI is InChI=1S/C9H9F4NO/c1-2-6-3-7(10)8(14-4-6)15-5-9(11,12)13/h3-4H,2,5H2,1H3. The average Bonchev–Trinajstić information content (AvgIpc) is 2.14. The Morgan fingerprint density at radius 3 is 2.53 bits per heavy atom. The summed E-state index contributed by atoms with van der Waals surface area (Å²) in [6.07, 6.45) is -2.64. The third kappa shape index (κ3) is 3.73. The van der Waals surface area contributed by atoms with Crippen LogP contribution in [0.5, 0.6) is 5.88 Å². The first-order valence-corrected chi connectivity index (χ1v) is 4.26. The minimum absolute atomic E-state index is 0.559. The molecule has 0 radical (unpaired) electrons. The molecule has 1 aromatic heterocycles. The third-order valence-corrected chi connectivity index (χ3v) is 1.64. The van der Waals surface area contributed by atoms with Gasteiger partial charge in [-0.25, -0.2) is 9.37 Å². The van der Waals surface area contributed by atoms with E-state index in [1.54, 1.807) is 6.92 Å². The smallest absolute Gasteiger partial charge is 0.422 e. The third-order valence-electron chi connectivity index (χ3n) is 1.64. The summed E-state index contributed by atoms with van der Waals surface area (Å²) >= 11 is 0. The van der Waals surface area contributed by atoms with E-state index >= 15 is 0 Å². The lowest BCUT2D eigenvalue weighted by Gasteiger charge is -2.09. The highest BCUT2D eigenvalue weighted by Crippen LogP contribution is 2.19. The number of hydrogen-bond acceptors (Lipinski definition) is 2. The summed E-state index contributed by atoms with van der Waals surface area (Å²) in [6, 6.07) is 1.11. The fourth-order valence-electron chi connectivity index (χ4n) is 0.915. The van der Waals surface area contributed by atoms with Gasteiger partial charge in [0.25, 0.3) is 5.88 Å². The van der Waals surface area contributed by atoms with Crippen LogP contribution in [-0.4, -0.2) is 17.8 Å². The minimum Gasteiger partial charge on any atom is -0.466 e. The van der Waals surface area contributed by atoms with Crippen molar-refractivity contribution in [1.29, 1.82) is 0 Å². The second-order valence-electron chi connectivity index (χ2n) is 2.89. The number of aryl methyl sites for hydroxylation is 1. The summed E-state index contributed by atoms with van der Waals surface area (Å²) in [5, 5.41) is 0. The van der Waals surface area contributed by atoms with Gasteiger partial charge in [0.1, 0.15) is 0 Å². The molecule has 0 aliphatic carbocycles. The Morgan fingerprint density at radius 2 is 2.07 bits per heavy atom. The Bertz CT molecular complexity index is 337. The number of ether oxygens (including phenoxy) is 1. The summed E-state index contributed by atoms with van der Waals surface area (Å²) in [5.74, 6) is -1.50. The van der Waals surface area contributed by atoms with Gasteiger partial charge in [-0.05, 0) is 18.1 Å². The maximum Gasteiger partial charge on any atom is 0.422 e. The predicted molar refractivity (Wildman–Crippen MR) is 45.1 cm³/mol. The zero-order valence-corrected chi connectivity index (χ0v) is 7.94. The molecule has 0 aliphatic heterocycles. The summed E-state index contributed by atoms with van der Waals surface area (Å²) in [7, 11) is 0. The Hall–Kier alpha value is -1.33. The van der Waals surface area contributed by atoms with Gasteiger partial charge in [-0.1, -0.05) is 6.92 Å². The van der Waals surface area contributed by atoms with E-state index in [0.717, 1.165) is 6.07 Å². The van der Waals surface area contributed by atoms with E-state index in [-0.39, 0.29) is 0 Å². The SMILES string of the molecule is CCc1cnc(OCC(F)(F)F)c(F)c1. The lowest BCUT2D eigenvalue weighted by atomic mass is 10.2. The van der Waals surface area contributed by atoms with Crippen molar-refractivity contribution in [1.82, 2.24) is 4.98 Å². The number of hydrogen-bond donors (Lipinski definition) is 0. The number of rotatable bonds is 3. The predicted octanol–water partition coefficient (Wildman–Crippen LogP) is 2.72. The maximum absolute atomic E-state index is 13.1. The van der Waals surface area contributed by atoms with Gasteiger partial charge in [0.05, 0.1) is 0 Å². The van der Waals surface area contributed by atoms with Crippen LogP contribution in [-0.2, 0) is 6.42 Å². The van der Waals surface area contributed by atoms with E-state index in [0.29, 0.717) is 12.0 Å². The van der Waals surface area contributed by atoms with Crippen molar-refractivity contribution in [3.8, 4) is 5.88 Å². The minimum atomic E-state index is -4.49. The number of alkyl halides is 3. The Labute approximate surface area is 83.9 Å². The first kappa shape index (κ1) is 11.7. The van der Waals surface area contributed by atoms with E-state index in [2.05, 4.69) is 9.72 Å². The summed E-state index contributed by atoms with van der Waals surface area (Å²) in [6.45, 7) is 0.245. The molecule has 0 fully saturated rings. The molecule has 15 heavy (non-hydrogen) atoms. The molecule has 0 aromatic carbocycles. The van der Waals surface area contributed by atoms with Crippen LogP contribution < -0.4 is 4.74 Å². The second kappa shape index (κ2) is 4.46. The van der Waals surface area contributed by atoms with Crippen molar-refractivity contribution in [2.45, 2.75) is 19.5 Å². The van der Waals surface area contributed by atoms with E-state index in [9.17, 15) is 17.6 Å². The summed E-state index contributed by atoms with van der Waals surface area (Å²) < 4.78 is 52.5. The zero-order valence-electron chi connectivity index (χ0n) is 7.94. The molecule has 0 atom stereocenters. The molecule has 0 saturated carbocycles. The van der Waals surface area contributed by atoms with Gasteiger partial charge in [-0.3, -0.25) is 0 Å². The Morgan fingerprint density at radius 1 is 1.40 bits per heavy atom. The van der Waals surface area contributed by atoms with Crippen molar-refractivity contribution in [3.05, 3.63) is 23.6 Å². The van der Waals surface area contributed by atoms with Crippen LogP contribution in [0, 0.1) is 5.82 Å². The molecule has 2 nitrogen and oxygen atoms in total. The summed E-state index contributed by atoms with van der Waals surface area (Å²) in [5.41, 5.74) is 0.604. The van der Waals surface area contributed by atoms with Gasteiger partial charge >= 0.3 is 6.18 Å². The molecule has 1 rings (SSSR count). The van der Waals surface area contributed by atoms with Gasteiger partial charge in [0, 0.05) is 6.20 Å². The molecule has 84 valence electrons. The van der Waals surface area contributed by atoms with Crippen LogP contribution in [0.25, 0.3) is 0 Å². The van der Waals surface area contributed by atoms with Crippen molar-refractivity contribution < 1.29 is 22.3 Å². The van der Waals surface area contributed by atoms with E-state index < -0.39 is 24.5 Å². The molecule has 0 spiro atoms. The van der Waals surface area contributed by atoms with Gasteiger partial charge in [0.2, 0.25) is 0 Å². The normalized spacial score (nSPS) is 11.5. The first-order chi connectivity index (χ1) is 6.92. The van der Waals surface area contributed by atoms with Gasteiger partial charge in [-0.15, -0.1) is 0 Å². The Kier molecular flexibility index (Phi) is 3.49. The number of pyridine rings is 1. The van der Waals surface area contributed by atoms with Crippen LogP contribution in [0.1, 0.15) is 12.5 Å². The molecule has 0 aliphatic rings. The van der Waals surface area contributed by atoms with Gasteiger partial charge in [0.15, 0.2) is 12.4 Å². The lowest BCUT2D eigenvalue weighted by Crippen LogP contribution is -2.20. The average molecular weight is 223 g/mol. The van der Waals surface area contributed by atoms with E-state index in [1.165, 1.54) is 6.20 Å². The summed E-state index contributed by atoms with van der Waals surface area (Å²) in [4.78, 5) is 3.45. The van der Waals surface area contributed by atoms with Crippen LogP contribution in [0.2, 0.25) is 0 Å². The first-order valence-electron chi connectivity index (χ1n) is 4.26. The molecule has 0 bridgehead atoms. The maximum atomic E-state index is 13.1. The van der Waals surface area contributed by atoms with Crippen molar-refractivity contribution in [2.75, 3.05) is 6.61 Å². The van der Waals surface area contributed by atoms with Gasteiger partial charge in [-0.2, -0.15) is 13.2 Å². The lowest BCUT2D eigenvalue weighted by molar-refractivity contribution is -0.154. The largest absolute Gasteiger partial charge is 0.466 e. The van der Waals surface area contributed by atoms with Crippen molar-refractivity contribution >= 4 is 0 Å².